The molecule has 0 aromatic rings. The van der Waals surface area contributed by atoms with Crippen LogP contribution in [0.25, 0.3) is 0 Å². The van der Waals surface area contributed by atoms with Gasteiger partial charge in [0.15, 0.2) is 0 Å². The highest BCUT2D eigenvalue weighted by atomic mass is 16.5. The molecule has 0 radical (unpaired) electrons. The van der Waals surface area contributed by atoms with E-state index in [1.807, 2.05) is 13.8 Å². The molecule has 1 aliphatic carbocycles. The van der Waals surface area contributed by atoms with Crippen LogP contribution in [0.2, 0.25) is 0 Å². The molecular weight excluding hydrogens is 150 g/mol. The van der Waals surface area contributed by atoms with Crippen LogP contribution in [0, 0.1) is 0 Å². The van der Waals surface area contributed by atoms with Crippen molar-refractivity contribution in [3.8, 4) is 0 Å². The molecule has 0 unspecified atom stereocenters. The number of hydrogen-bond acceptors (Lipinski definition) is 2. The standard InChI is InChI=1S/C8H15NO.C2H6/c1-9-5-6-10-7-8(9)3-2-4-8;1-2/h2-7H2,1H3;1-2H3. The van der Waals surface area contributed by atoms with Crippen LogP contribution in [0.15, 0.2) is 0 Å². The lowest BCUT2D eigenvalue weighted by atomic mass is 9.75. The molecule has 2 heteroatoms. The minimum atomic E-state index is 0.470. The molecule has 1 spiro atoms. The lowest BCUT2D eigenvalue weighted by Gasteiger charge is -2.51. The van der Waals surface area contributed by atoms with Crippen LogP contribution in [-0.4, -0.2) is 37.2 Å². The van der Waals surface area contributed by atoms with Gasteiger partial charge in [0.1, 0.15) is 0 Å². The molecule has 12 heavy (non-hydrogen) atoms. The molecule has 0 aromatic heterocycles. The Morgan fingerprint density at radius 1 is 1.25 bits per heavy atom. The highest BCUT2D eigenvalue weighted by Gasteiger charge is 2.42. The highest BCUT2D eigenvalue weighted by molar-refractivity contribution is 4.98. The Morgan fingerprint density at radius 2 is 1.92 bits per heavy atom. The summed E-state index contributed by atoms with van der Waals surface area (Å²) in [7, 11) is 2.22. The molecule has 2 nitrogen and oxygen atoms in total. The van der Waals surface area contributed by atoms with Crippen LogP contribution in [0.1, 0.15) is 33.1 Å². The van der Waals surface area contributed by atoms with Crippen molar-refractivity contribution in [1.29, 1.82) is 0 Å². The van der Waals surface area contributed by atoms with Crippen molar-refractivity contribution in [2.75, 3.05) is 26.8 Å². The Balaban J connectivity index is 0.000000336. The molecule has 0 atom stereocenters. The van der Waals surface area contributed by atoms with Gasteiger partial charge < -0.3 is 4.74 Å². The fourth-order valence-corrected chi connectivity index (χ4v) is 1.92. The van der Waals surface area contributed by atoms with Crippen LogP contribution in [0.3, 0.4) is 0 Å². The third-order valence-electron chi connectivity index (χ3n) is 3.04. The van der Waals surface area contributed by atoms with Crippen LogP contribution in [-0.2, 0) is 4.74 Å². The summed E-state index contributed by atoms with van der Waals surface area (Å²) in [5.74, 6) is 0. The first-order chi connectivity index (χ1) is 5.83. The Labute approximate surface area is 75.9 Å². The zero-order valence-electron chi connectivity index (χ0n) is 8.60. The van der Waals surface area contributed by atoms with E-state index in [9.17, 15) is 0 Å². The number of hydrogen-bond donors (Lipinski definition) is 0. The molecule has 0 amide bonds. The predicted molar refractivity (Wildman–Crippen MR) is 51.4 cm³/mol. The average molecular weight is 171 g/mol. The molecule has 1 aliphatic heterocycles. The molecule has 0 aromatic carbocycles. The van der Waals surface area contributed by atoms with Crippen molar-refractivity contribution in [3.05, 3.63) is 0 Å². The van der Waals surface area contributed by atoms with E-state index >= 15 is 0 Å². The van der Waals surface area contributed by atoms with Crippen molar-refractivity contribution in [1.82, 2.24) is 4.90 Å². The Kier molecular flexibility index (Phi) is 3.53. The van der Waals surface area contributed by atoms with Gasteiger partial charge in [-0.25, -0.2) is 0 Å². The summed E-state index contributed by atoms with van der Waals surface area (Å²) < 4.78 is 5.46. The third kappa shape index (κ3) is 1.64. The van der Waals surface area contributed by atoms with Crippen molar-refractivity contribution >= 4 is 0 Å². The van der Waals surface area contributed by atoms with Gasteiger partial charge in [0.05, 0.1) is 13.2 Å². The summed E-state index contributed by atoms with van der Waals surface area (Å²) >= 11 is 0. The van der Waals surface area contributed by atoms with E-state index in [2.05, 4.69) is 11.9 Å². The number of rotatable bonds is 0. The van der Waals surface area contributed by atoms with E-state index in [-0.39, 0.29) is 0 Å². The maximum atomic E-state index is 5.46. The molecule has 2 rings (SSSR count). The maximum absolute atomic E-state index is 5.46. The number of ether oxygens (including phenoxy) is 1. The van der Waals surface area contributed by atoms with Crippen molar-refractivity contribution in [2.45, 2.75) is 38.6 Å². The second-order valence-electron chi connectivity index (χ2n) is 3.55. The fraction of sp³-hybridized carbons (Fsp3) is 1.00. The lowest BCUT2D eigenvalue weighted by Crippen LogP contribution is -2.59. The normalized spacial score (nSPS) is 27.2. The minimum absolute atomic E-state index is 0.470. The largest absolute Gasteiger partial charge is 0.378 e. The van der Waals surface area contributed by atoms with Crippen LogP contribution >= 0.6 is 0 Å². The molecule has 1 saturated carbocycles. The summed E-state index contributed by atoms with van der Waals surface area (Å²) in [5.41, 5.74) is 0.470. The topological polar surface area (TPSA) is 12.5 Å². The van der Waals surface area contributed by atoms with E-state index in [0.717, 1.165) is 19.8 Å². The molecule has 2 fully saturated rings. The Morgan fingerprint density at radius 3 is 2.25 bits per heavy atom. The van der Waals surface area contributed by atoms with Gasteiger partial charge in [0, 0.05) is 12.1 Å². The van der Waals surface area contributed by atoms with Gasteiger partial charge in [-0.05, 0) is 26.3 Å². The van der Waals surface area contributed by atoms with Gasteiger partial charge >= 0.3 is 0 Å². The summed E-state index contributed by atoms with van der Waals surface area (Å²) in [6.45, 7) is 7.03. The summed E-state index contributed by atoms with van der Waals surface area (Å²) in [4.78, 5) is 2.47. The molecule has 2 aliphatic rings. The second-order valence-corrected chi connectivity index (χ2v) is 3.55. The van der Waals surface area contributed by atoms with Crippen LogP contribution in [0.5, 0.6) is 0 Å². The second kappa shape index (κ2) is 4.24. The molecule has 0 N–H and O–H groups in total. The van der Waals surface area contributed by atoms with Crippen molar-refractivity contribution in [3.63, 3.8) is 0 Å². The molecule has 1 heterocycles. The lowest BCUT2D eigenvalue weighted by molar-refractivity contribution is -0.0941. The van der Waals surface area contributed by atoms with E-state index < -0.39 is 0 Å². The van der Waals surface area contributed by atoms with Gasteiger partial charge in [-0.3, -0.25) is 4.90 Å². The van der Waals surface area contributed by atoms with E-state index in [1.165, 1.54) is 19.3 Å². The van der Waals surface area contributed by atoms with Crippen molar-refractivity contribution in [2.24, 2.45) is 0 Å². The number of likely N-dealkylation sites (N-methyl/N-ethyl adjacent to an activating group) is 1. The first kappa shape index (κ1) is 10.0. The van der Waals surface area contributed by atoms with Gasteiger partial charge in [0.2, 0.25) is 0 Å². The molecule has 0 bridgehead atoms. The minimum Gasteiger partial charge on any atom is -0.378 e. The average Bonchev–Trinajstić information content (AvgIpc) is 2.06. The van der Waals surface area contributed by atoms with Crippen LogP contribution < -0.4 is 0 Å². The van der Waals surface area contributed by atoms with E-state index in [4.69, 9.17) is 4.74 Å². The first-order valence-corrected chi connectivity index (χ1v) is 5.13. The summed E-state index contributed by atoms with van der Waals surface area (Å²) in [5, 5.41) is 0. The third-order valence-corrected chi connectivity index (χ3v) is 3.04. The predicted octanol–water partition coefficient (Wildman–Crippen LogP) is 1.90. The van der Waals surface area contributed by atoms with Gasteiger partial charge in [0.25, 0.3) is 0 Å². The summed E-state index contributed by atoms with van der Waals surface area (Å²) in [6, 6.07) is 0. The quantitative estimate of drug-likeness (QED) is 0.552. The smallest absolute Gasteiger partial charge is 0.0650 e. The molecular formula is C10H21NO. The summed E-state index contributed by atoms with van der Waals surface area (Å²) in [6.07, 6.45) is 4.10. The van der Waals surface area contributed by atoms with E-state index in [1.54, 1.807) is 0 Å². The van der Waals surface area contributed by atoms with Gasteiger partial charge in [-0.1, -0.05) is 13.8 Å². The van der Waals surface area contributed by atoms with Crippen molar-refractivity contribution < 1.29 is 4.74 Å². The molecule has 1 saturated heterocycles. The maximum Gasteiger partial charge on any atom is 0.0650 e. The fourth-order valence-electron chi connectivity index (χ4n) is 1.92. The van der Waals surface area contributed by atoms with Gasteiger partial charge in [-0.2, -0.15) is 0 Å². The van der Waals surface area contributed by atoms with E-state index in [0.29, 0.717) is 5.54 Å². The Bertz CT molecular complexity index is 132. The number of morpholine rings is 1. The SMILES string of the molecule is CC.CN1CCOCC12CCC2. The monoisotopic (exact) mass is 171 g/mol. The zero-order valence-corrected chi connectivity index (χ0v) is 8.60. The zero-order chi connectivity index (χ0) is 9.03. The highest BCUT2D eigenvalue weighted by Crippen LogP contribution is 2.38. The van der Waals surface area contributed by atoms with Crippen LogP contribution in [0.4, 0.5) is 0 Å². The number of nitrogens with zero attached hydrogens (tertiary/aromatic N) is 1. The first-order valence-electron chi connectivity index (χ1n) is 5.13. The van der Waals surface area contributed by atoms with Gasteiger partial charge in [-0.15, -0.1) is 0 Å². The Hall–Kier alpha value is -0.0800. The molecule has 72 valence electrons.